The van der Waals surface area contributed by atoms with Gasteiger partial charge in [-0.2, -0.15) is 18.3 Å². The van der Waals surface area contributed by atoms with E-state index in [0.717, 1.165) is 0 Å². The lowest BCUT2D eigenvalue weighted by atomic mass is 9.99. The van der Waals surface area contributed by atoms with Crippen molar-refractivity contribution in [2.24, 2.45) is 5.92 Å². The molecule has 2 saturated heterocycles. The highest BCUT2D eigenvalue weighted by molar-refractivity contribution is 5.81. The summed E-state index contributed by atoms with van der Waals surface area (Å²) in [5, 5.41) is 8.89. The maximum Gasteiger partial charge on any atom is 0.415 e. The molecule has 3 atom stereocenters. The van der Waals surface area contributed by atoms with Gasteiger partial charge in [0.25, 0.3) is 5.56 Å². The summed E-state index contributed by atoms with van der Waals surface area (Å²) in [7, 11) is 0. The molecule has 11 heteroatoms. The van der Waals surface area contributed by atoms with Crippen LogP contribution in [0.1, 0.15) is 25.0 Å². The zero-order chi connectivity index (χ0) is 20.3. The first kappa shape index (κ1) is 20.3. The van der Waals surface area contributed by atoms with Crippen molar-refractivity contribution < 1.29 is 27.5 Å². The van der Waals surface area contributed by atoms with Gasteiger partial charge in [0.05, 0.1) is 11.6 Å². The lowest BCUT2D eigenvalue weighted by Crippen LogP contribution is -2.45. The molecular weight excluding hydrogens is 381 g/mol. The Bertz CT molecular complexity index is 762. The summed E-state index contributed by atoms with van der Waals surface area (Å²) in [5.74, 6) is -2.04. The van der Waals surface area contributed by atoms with Crippen LogP contribution in [-0.4, -0.2) is 64.9 Å². The van der Waals surface area contributed by atoms with E-state index in [4.69, 9.17) is 4.74 Å². The molecule has 1 aromatic heterocycles. The molecule has 0 radical (unpaired) electrons. The Morgan fingerprint density at radius 1 is 1.32 bits per heavy atom. The highest BCUT2D eigenvalue weighted by Crippen LogP contribution is 2.36. The van der Waals surface area contributed by atoms with Gasteiger partial charge in [-0.15, -0.1) is 0 Å². The molecule has 8 nitrogen and oxygen atoms in total. The van der Waals surface area contributed by atoms with Crippen LogP contribution in [0.3, 0.4) is 0 Å². The SMILES string of the molecule is O=C(CCc1ccc(=O)[nH]n1)N[C@H]1CCN(C(=O)[C@@H]2CCO[C@H]2C(F)(F)F)C1. The highest BCUT2D eigenvalue weighted by Gasteiger charge is 2.52. The number of nitrogens with zero attached hydrogens (tertiary/aromatic N) is 2. The average molecular weight is 402 g/mol. The van der Waals surface area contributed by atoms with Crippen LogP contribution < -0.4 is 10.9 Å². The molecule has 1 aromatic rings. The number of aryl methyl sites for hydroxylation is 1. The number of rotatable bonds is 5. The third-order valence-corrected chi connectivity index (χ3v) is 4.94. The first-order chi connectivity index (χ1) is 13.2. The van der Waals surface area contributed by atoms with Gasteiger partial charge in [0.2, 0.25) is 11.8 Å². The maximum absolute atomic E-state index is 13.0. The van der Waals surface area contributed by atoms with Gasteiger partial charge in [-0.3, -0.25) is 14.4 Å². The van der Waals surface area contributed by atoms with E-state index in [9.17, 15) is 27.6 Å². The summed E-state index contributed by atoms with van der Waals surface area (Å²) in [6.07, 6.45) is -5.61. The number of halogens is 3. The fraction of sp³-hybridized carbons (Fsp3) is 0.647. The van der Waals surface area contributed by atoms with Gasteiger partial charge >= 0.3 is 6.18 Å². The first-order valence-electron chi connectivity index (χ1n) is 9.05. The van der Waals surface area contributed by atoms with Crippen LogP contribution in [0, 0.1) is 5.92 Å². The molecule has 0 saturated carbocycles. The van der Waals surface area contributed by atoms with E-state index in [-0.39, 0.29) is 43.5 Å². The Labute approximate surface area is 158 Å². The van der Waals surface area contributed by atoms with Crippen molar-refractivity contribution in [1.82, 2.24) is 20.4 Å². The Balaban J connectivity index is 1.47. The Morgan fingerprint density at radius 3 is 2.79 bits per heavy atom. The van der Waals surface area contributed by atoms with E-state index in [1.54, 1.807) is 0 Å². The maximum atomic E-state index is 13.0. The Morgan fingerprint density at radius 2 is 2.11 bits per heavy atom. The summed E-state index contributed by atoms with van der Waals surface area (Å²) in [4.78, 5) is 36.9. The summed E-state index contributed by atoms with van der Waals surface area (Å²) < 4.78 is 43.6. The van der Waals surface area contributed by atoms with E-state index in [1.807, 2.05) is 0 Å². The number of aromatic nitrogens is 2. The molecule has 0 spiro atoms. The summed E-state index contributed by atoms with van der Waals surface area (Å²) in [6.45, 7) is 0.391. The van der Waals surface area contributed by atoms with E-state index in [2.05, 4.69) is 15.5 Å². The van der Waals surface area contributed by atoms with Crippen molar-refractivity contribution in [3.63, 3.8) is 0 Å². The first-order valence-corrected chi connectivity index (χ1v) is 9.05. The molecule has 3 rings (SSSR count). The molecule has 0 aliphatic carbocycles. The van der Waals surface area contributed by atoms with Gasteiger partial charge in [-0.25, -0.2) is 5.10 Å². The molecule has 3 heterocycles. The predicted octanol–water partition coefficient (Wildman–Crippen LogP) is 0.387. The van der Waals surface area contributed by atoms with Crippen molar-refractivity contribution in [3.05, 3.63) is 28.2 Å². The number of aromatic amines is 1. The fourth-order valence-corrected chi connectivity index (χ4v) is 3.53. The molecule has 2 aliphatic heterocycles. The van der Waals surface area contributed by atoms with Crippen molar-refractivity contribution in [2.75, 3.05) is 19.7 Å². The molecule has 2 amide bonds. The van der Waals surface area contributed by atoms with Crippen molar-refractivity contribution >= 4 is 11.8 Å². The topological polar surface area (TPSA) is 104 Å². The Kier molecular flexibility index (Phi) is 6.01. The van der Waals surface area contributed by atoms with E-state index < -0.39 is 24.1 Å². The minimum atomic E-state index is -4.57. The lowest BCUT2D eigenvalue weighted by Gasteiger charge is -2.25. The van der Waals surface area contributed by atoms with Gasteiger partial charge in [-0.05, 0) is 18.9 Å². The minimum Gasteiger partial charge on any atom is -0.368 e. The third-order valence-electron chi connectivity index (χ3n) is 4.94. The van der Waals surface area contributed by atoms with Crippen LogP contribution in [0.5, 0.6) is 0 Å². The average Bonchev–Trinajstić information content (AvgIpc) is 3.30. The molecule has 2 fully saturated rings. The quantitative estimate of drug-likeness (QED) is 0.741. The van der Waals surface area contributed by atoms with Crippen LogP contribution >= 0.6 is 0 Å². The Hall–Kier alpha value is -2.43. The number of alkyl halides is 3. The second-order valence-corrected chi connectivity index (χ2v) is 6.98. The summed E-state index contributed by atoms with van der Waals surface area (Å²) >= 11 is 0. The fourth-order valence-electron chi connectivity index (χ4n) is 3.53. The van der Waals surface area contributed by atoms with Crippen LogP contribution in [0.4, 0.5) is 13.2 Å². The number of H-pyrrole nitrogens is 1. The van der Waals surface area contributed by atoms with Gasteiger partial charge in [0, 0.05) is 44.6 Å². The highest BCUT2D eigenvalue weighted by atomic mass is 19.4. The number of carbonyl (C=O) groups excluding carboxylic acids is 2. The number of likely N-dealkylation sites (tertiary alicyclic amines) is 1. The second kappa shape index (κ2) is 8.29. The molecule has 0 aromatic carbocycles. The predicted molar refractivity (Wildman–Crippen MR) is 90.2 cm³/mol. The van der Waals surface area contributed by atoms with E-state index in [0.29, 0.717) is 25.1 Å². The monoisotopic (exact) mass is 402 g/mol. The van der Waals surface area contributed by atoms with Gasteiger partial charge < -0.3 is 15.0 Å². The van der Waals surface area contributed by atoms with Crippen molar-refractivity contribution in [3.8, 4) is 0 Å². The van der Waals surface area contributed by atoms with E-state index >= 15 is 0 Å². The van der Waals surface area contributed by atoms with Crippen molar-refractivity contribution in [2.45, 2.75) is 44.0 Å². The standard InChI is InChI=1S/C17H21F3N4O4/c18-17(19,20)15-12(6-8-28-15)16(27)24-7-5-11(9-24)21-13(25)3-1-10-2-4-14(26)23-22-10/h2,4,11-12,15H,1,3,5-9H2,(H,21,25)(H,23,26)/t11-,12+,15+/m0/s1. The van der Waals surface area contributed by atoms with Crippen LogP contribution in [0.25, 0.3) is 0 Å². The second-order valence-electron chi connectivity index (χ2n) is 6.98. The molecule has 2 N–H and O–H groups in total. The molecular formula is C17H21F3N4O4. The summed E-state index contributed by atoms with van der Waals surface area (Å²) in [6, 6.07) is 2.55. The normalized spacial score (nSPS) is 25.1. The third kappa shape index (κ3) is 4.89. The molecule has 154 valence electrons. The number of carbonyl (C=O) groups is 2. The zero-order valence-corrected chi connectivity index (χ0v) is 15.0. The number of ether oxygens (including phenoxy) is 1. The molecule has 28 heavy (non-hydrogen) atoms. The number of nitrogens with one attached hydrogen (secondary N) is 2. The molecule has 0 unspecified atom stereocenters. The van der Waals surface area contributed by atoms with Gasteiger partial charge in [0.1, 0.15) is 0 Å². The van der Waals surface area contributed by atoms with Gasteiger partial charge in [-0.1, -0.05) is 0 Å². The number of hydrogen-bond donors (Lipinski definition) is 2. The van der Waals surface area contributed by atoms with E-state index in [1.165, 1.54) is 17.0 Å². The largest absolute Gasteiger partial charge is 0.415 e. The van der Waals surface area contributed by atoms with Crippen LogP contribution in [-0.2, 0) is 20.7 Å². The number of amides is 2. The summed E-state index contributed by atoms with van der Waals surface area (Å²) in [5.41, 5.74) is 0.238. The zero-order valence-electron chi connectivity index (χ0n) is 15.0. The molecule has 0 bridgehead atoms. The lowest BCUT2D eigenvalue weighted by molar-refractivity contribution is -0.218. The minimum absolute atomic E-state index is 0.0443. The van der Waals surface area contributed by atoms with Crippen LogP contribution in [0.15, 0.2) is 16.9 Å². The molecule has 2 aliphatic rings. The van der Waals surface area contributed by atoms with Crippen LogP contribution in [0.2, 0.25) is 0 Å². The van der Waals surface area contributed by atoms with Gasteiger partial charge in [0.15, 0.2) is 6.10 Å². The van der Waals surface area contributed by atoms with Crippen molar-refractivity contribution in [1.29, 1.82) is 0 Å². The number of hydrogen-bond acceptors (Lipinski definition) is 5. The smallest absolute Gasteiger partial charge is 0.368 e.